The minimum Gasteiger partial charge on any atom is -0.490 e. The number of benzene rings is 3. The second-order valence-corrected chi connectivity index (χ2v) is 10.6. The van der Waals surface area contributed by atoms with Crippen molar-refractivity contribution in [1.82, 2.24) is 0 Å². The van der Waals surface area contributed by atoms with E-state index in [2.05, 4.69) is 0 Å². The number of hydrogen-bond acceptors (Lipinski definition) is 11. The van der Waals surface area contributed by atoms with Gasteiger partial charge in [-0.1, -0.05) is 31.9 Å². The van der Waals surface area contributed by atoms with Crippen LogP contribution in [0.15, 0.2) is 60.7 Å². The predicted octanol–water partition coefficient (Wildman–Crippen LogP) is 7.54. The van der Waals surface area contributed by atoms with Gasteiger partial charge in [0, 0.05) is 18.2 Å². The minimum atomic E-state index is -1.37. The van der Waals surface area contributed by atoms with Crippen LogP contribution in [0, 0.1) is 31.9 Å². The first-order valence-electron chi connectivity index (χ1n) is 15.4. The molecule has 0 unspecified atom stereocenters. The van der Waals surface area contributed by atoms with Crippen molar-refractivity contribution in [2.24, 2.45) is 0 Å². The normalized spacial score (nSPS) is 10.8. The number of esters is 3. The molecule has 0 fully saturated rings. The van der Waals surface area contributed by atoms with Gasteiger partial charge in [0.2, 0.25) is 5.82 Å². The number of carbonyl (C=O) groups excluding carboxylic acids is 3. The first kappa shape index (κ1) is 37.7. The molecule has 0 saturated carbocycles. The standard InChI is InChI=1S/C34H34F2N2O11/c1-2-3-6-17-46-29-15-14-28(31(35)32(29)36)34(41)49-27-12-9-23(10-13-27)11-16-30(39)47-18-7-4-5-8-19-48-33(40)24-20-25(37(42)43)22-26(21-24)38(44)45/h9-16,20-22H,2-8,17-19H2,1H3. The maximum Gasteiger partial charge on any atom is 0.346 e. The average Bonchev–Trinajstić information content (AvgIpc) is 3.08. The smallest absolute Gasteiger partial charge is 0.346 e. The van der Waals surface area contributed by atoms with Crippen LogP contribution in [0.2, 0.25) is 0 Å². The van der Waals surface area contributed by atoms with E-state index in [4.69, 9.17) is 18.9 Å². The highest BCUT2D eigenvalue weighted by Gasteiger charge is 2.22. The topological polar surface area (TPSA) is 174 Å². The van der Waals surface area contributed by atoms with Crippen LogP contribution in [0.4, 0.5) is 20.2 Å². The summed E-state index contributed by atoms with van der Waals surface area (Å²) in [5.74, 6) is -5.43. The number of hydrogen-bond donors (Lipinski definition) is 0. The van der Waals surface area contributed by atoms with Crippen LogP contribution in [0.3, 0.4) is 0 Å². The van der Waals surface area contributed by atoms with Crippen molar-refractivity contribution in [3.8, 4) is 11.5 Å². The van der Waals surface area contributed by atoms with Crippen molar-refractivity contribution in [2.75, 3.05) is 19.8 Å². The highest BCUT2D eigenvalue weighted by Crippen LogP contribution is 2.25. The summed E-state index contributed by atoms with van der Waals surface area (Å²) < 4.78 is 49.5. The third-order valence-corrected chi connectivity index (χ3v) is 6.85. The van der Waals surface area contributed by atoms with Gasteiger partial charge in [0.25, 0.3) is 11.4 Å². The Bertz CT molecular complexity index is 1650. The van der Waals surface area contributed by atoms with Gasteiger partial charge in [-0.15, -0.1) is 0 Å². The quantitative estimate of drug-likeness (QED) is 0.0304. The van der Waals surface area contributed by atoms with Crippen LogP contribution in [0.1, 0.15) is 78.1 Å². The number of nitro groups is 2. The zero-order chi connectivity index (χ0) is 35.8. The Kier molecular flexibility index (Phi) is 14.8. The number of unbranched alkanes of at least 4 members (excludes halogenated alkanes) is 5. The van der Waals surface area contributed by atoms with Crippen molar-refractivity contribution < 1.29 is 52.0 Å². The lowest BCUT2D eigenvalue weighted by Gasteiger charge is -2.10. The molecule has 0 bridgehead atoms. The molecule has 0 aliphatic heterocycles. The minimum absolute atomic E-state index is 0.00689. The van der Waals surface area contributed by atoms with Gasteiger partial charge in [0.1, 0.15) is 5.75 Å². The second-order valence-electron chi connectivity index (χ2n) is 10.6. The van der Waals surface area contributed by atoms with Crippen molar-refractivity contribution >= 4 is 35.4 Å². The molecule has 0 aliphatic rings. The zero-order valence-corrected chi connectivity index (χ0v) is 26.6. The third-order valence-electron chi connectivity index (χ3n) is 6.85. The molecule has 15 heteroatoms. The van der Waals surface area contributed by atoms with E-state index >= 15 is 0 Å². The first-order chi connectivity index (χ1) is 23.5. The number of rotatable bonds is 19. The van der Waals surface area contributed by atoms with Gasteiger partial charge >= 0.3 is 17.9 Å². The van der Waals surface area contributed by atoms with Crippen LogP contribution in [0.5, 0.6) is 11.5 Å². The maximum atomic E-state index is 14.5. The fourth-order valence-corrected chi connectivity index (χ4v) is 4.26. The van der Waals surface area contributed by atoms with Crippen LogP contribution >= 0.6 is 0 Å². The van der Waals surface area contributed by atoms with Crippen LogP contribution in [-0.4, -0.2) is 47.6 Å². The van der Waals surface area contributed by atoms with E-state index in [0.29, 0.717) is 37.7 Å². The van der Waals surface area contributed by atoms with E-state index in [1.54, 1.807) is 12.1 Å². The summed E-state index contributed by atoms with van der Waals surface area (Å²) in [4.78, 5) is 56.9. The largest absolute Gasteiger partial charge is 0.490 e. The molecule has 0 saturated heterocycles. The molecule has 0 aliphatic carbocycles. The third kappa shape index (κ3) is 12.1. The summed E-state index contributed by atoms with van der Waals surface area (Å²) in [5, 5.41) is 21.9. The first-order valence-corrected chi connectivity index (χ1v) is 15.4. The molecule has 0 spiro atoms. The zero-order valence-electron chi connectivity index (χ0n) is 26.6. The van der Waals surface area contributed by atoms with Crippen LogP contribution < -0.4 is 9.47 Å². The number of nitrogens with zero attached hydrogens (tertiary/aromatic N) is 2. The van der Waals surface area contributed by atoms with Crippen LogP contribution in [-0.2, 0) is 14.3 Å². The molecule has 3 aromatic carbocycles. The maximum absolute atomic E-state index is 14.5. The Balaban J connectivity index is 1.34. The Morgan fingerprint density at radius 3 is 1.96 bits per heavy atom. The van der Waals surface area contributed by atoms with E-state index < -0.39 is 56.3 Å². The lowest BCUT2D eigenvalue weighted by molar-refractivity contribution is -0.394. The average molecular weight is 685 g/mol. The summed E-state index contributed by atoms with van der Waals surface area (Å²) in [6, 6.07) is 10.8. The molecule has 0 amide bonds. The van der Waals surface area contributed by atoms with Crippen molar-refractivity contribution in [3.63, 3.8) is 0 Å². The second kappa shape index (κ2) is 19.2. The molecular formula is C34H34F2N2O11. The fraction of sp³-hybridized carbons (Fsp3) is 0.324. The molecule has 3 rings (SSSR count). The van der Waals surface area contributed by atoms with E-state index in [1.807, 2.05) is 6.92 Å². The van der Waals surface area contributed by atoms with Crippen LogP contribution in [0.25, 0.3) is 6.08 Å². The Morgan fingerprint density at radius 1 is 0.735 bits per heavy atom. The summed E-state index contributed by atoms with van der Waals surface area (Å²) >= 11 is 0. The van der Waals surface area contributed by atoms with Gasteiger partial charge in [0.15, 0.2) is 11.6 Å². The molecule has 13 nitrogen and oxygen atoms in total. The number of ether oxygens (including phenoxy) is 4. The lowest BCUT2D eigenvalue weighted by atomic mass is 10.1. The van der Waals surface area contributed by atoms with E-state index in [0.717, 1.165) is 37.1 Å². The number of non-ortho nitro benzene ring substituents is 2. The molecular weight excluding hydrogens is 650 g/mol. The summed E-state index contributed by atoms with van der Waals surface area (Å²) in [6.45, 7) is 2.36. The molecule has 0 N–H and O–H groups in total. The molecule has 3 aromatic rings. The number of carbonyl (C=O) groups is 3. The molecule has 0 heterocycles. The molecule has 0 aromatic heterocycles. The Hall–Kier alpha value is -5.73. The summed E-state index contributed by atoms with van der Waals surface area (Å²) in [5.41, 5.74) is -1.49. The number of nitro benzene ring substituents is 2. The fourth-order valence-electron chi connectivity index (χ4n) is 4.26. The van der Waals surface area contributed by atoms with E-state index in [1.165, 1.54) is 30.4 Å². The molecule has 0 atom stereocenters. The predicted molar refractivity (Wildman–Crippen MR) is 171 cm³/mol. The Labute approximate surface area is 279 Å². The van der Waals surface area contributed by atoms with Gasteiger partial charge in [-0.3, -0.25) is 20.2 Å². The van der Waals surface area contributed by atoms with Crippen molar-refractivity contribution in [3.05, 3.63) is 109 Å². The molecule has 49 heavy (non-hydrogen) atoms. The Morgan fingerprint density at radius 2 is 1.35 bits per heavy atom. The highest BCUT2D eigenvalue weighted by atomic mass is 19.2. The van der Waals surface area contributed by atoms with Gasteiger partial charge < -0.3 is 18.9 Å². The SMILES string of the molecule is CCCCCOc1ccc(C(=O)Oc2ccc(C=CC(=O)OCCCCCCOC(=O)c3cc([N+](=O)[O-])cc([N+](=O)[O-])c3)cc2)c(F)c1F. The van der Waals surface area contributed by atoms with Gasteiger partial charge in [-0.25, -0.2) is 18.8 Å². The van der Waals surface area contributed by atoms with Crippen molar-refractivity contribution in [1.29, 1.82) is 0 Å². The van der Waals surface area contributed by atoms with E-state index in [9.17, 15) is 43.4 Å². The van der Waals surface area contributed by atoms with Crippen molar-refractivity contribution in [2.45, 2.75) is 51.9 Å². The van der Waals surface area contributed by atoms with Gasteiger partial charge in [-0.05, 0) is 68.0 Å². The van der Waals surface area contributed by atoms with Gasteiger partial charge in [-0.2, -0.15) is 4.39 Å². The molecule has 260 valence electrons. The summed E-state index contributed by atoms with van der Waals surface area (Å²) in [7, 11) is 0. The van der Waals surface area contributed by atoms with E-state index in [-0.39, 0.29) is 36.9 Å². The number of halogens is 2. The summed E-state index contributed by atoms with van der Waals surface area (Å²) in [6.07, 6.45) is 7.46. The molecule has 0 radical (unpaired) electrons. The monoisotopic (exact) mass is 684 g/mol. The van der Waals surface area contributed by atoms with Gasteiger partial charge in [0.05, 0.1) is 46.9 Å². The highest BCUT2D eigenvalue weighted by molar-refractivity contribution is 5.92. The lowest BCUT2D eigenvalue weighted by Crippen LogP contribution is -2.12.